The predicted molar refractivity (Wildman–Crippen MR) is 66.5 cm³/mol. The van der Waals surface area contributed by atoms with Gasteiger partial charge < -0.3 is 5.32 Å². The molecule has 3 nitrogen and oxygen atoms in total. The van der Waals surface area contributed by atoms with Gasteiger partial charge in [-0.1, -0.05) is 35.5 Å². The third kappa shape index (κ3) is 3.27. The van der Waals surface area contributed by atoms with E-state index in [4.69, 9.17) is 11.6 Å². The molecule has 0 fully saturated rings. The van der Waals surface area contributed by atoms with Crippen LogP contribution >= 0.6 is 35.1 Å². The summed E-state index contributed by atoms with van der Waals surface area (Å²) in [5, 5.41) is 3.11. The van der Waals surface area contributed by atoms with Crippen LogP contribution in [-0.4, -0.2) is 14.5 Å². The fourth-order valence-corrected chi connectivity index (χ4v) is 2.39. The summed E-state index contributed by atoms with van der Waals surface area (Å²) in [5.74, 6) is -2.10. The highest BCUT2D eigenvalue weighted by Crippen LogP contribution is 2.34. The second kappa shape index (κ2) is 5.61. The Morgan fingerprint density at radius 1 is 1.29 bits per heavy atom. The van der Waals surface area contributed by atoms with Gasteiger partial charge in [-0.2, -0.15) is 17.5 Å². The van der Waals surface area contributed by atoms with Crippen molar-refractivity contribution in [3.8, 4) is 0 Å². The molecular formula is C9H6ClF2N3S2. The molecule has 8 heteroatoms. The first-order chi connectivity index (χ1) is 8.16. The zero-order valence-corrected chi connectivity index (χ0v) is 10.6. The molecule has 0 amide bonds. The van der Waals surface area contributed by atoms with Crippen LogP contribution in [0, 0.1) is 0 Å². The van der Waals surface area contributed by atoms with Gasteiger partial charge in [0.2, 0.25) is 0 Å². The topological polar surface area (TPSA) is 37.8 Å². The third-order valence-electron chi connectivity index (χ3n) is 1.80. The van der Waals surface area contributed by atoms with Gasteiger partial charge in [0.1, 0.15) is 0 Å². The van der Waals surface area contributed by atoms with Gasteiger partial charge in [0.25, 0.3) is 5.76 Å². The van der Waals surface area contributed by atoms with Crippen LogP contribution in [0.5, 0.6) is 0 Å². The van der Waals surface area contributed by atoms with E-state index in [0.717, 1.165) is 11.7 Å². The first-order valence-electron chi connectivity index (χ1n) is 4.45. The van der Waals surface area contributed by atoms with Gasteiger partial charge in [0.05, 0.1) is 17.4 Å². The zero-order chi connectivity index (χ0) is 12.3. The van der Waals surface area contributed by atoms with Crippen LogP contribution in [0.3, 0.4) is 0 Å². The monoisotopic (exact) mass is 293 g/mol. The minimum Gasteiger partial charge on any atom is -0.336 e. The largest absolute Gasteiger partial charge is 0.336 e. The quantitative estimate of drug-likeness (QED) is 0.855. The SMILES string of the molecule is FC(F)Sc1ccccc1Nc1nsnc1Cl. The molecule has 0 spiro atoms. The third-order valence-corrected chi connectivity index (χ3v) is 3.48. The highest BCUT2D eigenvalue weighted by atomic mass is 35.5. The average molecular weight is 294 g/mol. The summed E-state index contributed by atoms with van der Waals surface area (Å²) in [4.78, 5) is 0.437. The fraction of sp³-hybridized carbons (Fsp3) is 0.111. The van der Waals surface area contributed by atoms with E-state index in [2.05, 4.69) is 14.1 Å². The van der Waals surface area contributed by atoms with Crippen LogP contribution in [0.15, 0.2) is 29.2 Å². The molecule has 1 N–H and O–H groups in total. The highest BCUT2D eigenvalue weighted by molar-refractivity contribution is 7.99. The number of aromatic nitrogens is 2. The molecule has 0 aliphatic heterocycles. The number of anilines is 2. The van der Waals surface area contributed by atoms with E-state index >= 15 is 0 Å². The number of halogens is 3. The lowest BCUT2D eigenvalue weighted by Crippen LogP contribution is -1.94. The number of nitrogens with zero attached hydrogens (tertiary/aromatic N) is 2. The second-order valence-corrected chi connectivity index (χ2v) is 4.82. The van der Waals surface area contributed by atoms with Crippen molar-refractivity contribution in [2.24, 2.45) is 0 Å². The van der Waals surface area contributed by atoms with Crippen molar-refractivity contribution >= 4 is 46.6 Å². The normalized spacial score (nSPS) is 10.8. The average Bonchev–Trinajstić information content (AvgIpc) is 2.67. The maximum absolute atomic E-state index is 12.3. The Morgan fingerprint density at radius 2 is 2.06 bits per heavy atom. The first-order valence-corrected chi connectivity index (χ1v) is 6.44. The number of rotatable bonds is 4. The molecule has 17 heavy (non-hydrogen) atoms. The van der Waals surface area contributed by atoms with Gasteiger partial charge in [0.15, 0.2) is 11.0 Å². The molecule has 0 radical (unpaired) electrons. The van der Waals surface area contributed by atoms with Gasteiger partial charge in [0, 0.05) is 4.90 Å². The van der Waals surface area contributed by atoms with Crippen LogP contribution in [0.25, 0.3) is 0 Å². The van der Waals surface area contributed by atoms with Crippen LogP contribution in [0.2, 0.25) is 5.15 Å². The highest BCUT2D eigenvalue weighted by Gasteiger charge is 2.12. The van der Waals surface area contributed by atoms with Crippen LogP contribution in [0.4, 0.5) is 20.3 Å². The fourth-order valence-electron chi connectivity index (χ4n) is 1.15. The maximum atomic E-state index is 12.3. The Balaban J connectivity index is 2.23. The predicted octanol–water partition coefficient (Wildman–Crippen LogP) is 4.25. The summed E-state index contributed by atoms with van der Waals surface area (Å²) >= 11 is 7.19. The number of hydrogen-bond donors (Lipinski definition) is 1. The molecule has 2 rings (SSSR count). The van der Waals surface area contributed by atoms with Gasteiger partial charge in [-0.05, 0) is 12.1 Å². The Bertz CT molecular complexity index is 506. The van der Waals surface area contributed by atoms with Crippen molar-refractivity contribution < 1.29 is 8.78 Å². The van der Waals surface area contributed by atoms with E-state index in [-0.39, 0.29) is 5.15 Å². The molecule has 0 atom stereocenters. The van der Waals surface area contributed by atoms with Crippen molar-refractivity contribution in [3.05, 3.63) is 29.4 Å². The Hall–Kier alpha value is -0.920. The minimum absolute atomic E-state index is 0.229. The van der Waals surface area contributed by atoms with E-state index in [1.54, 1.807) is 24.3 Å². The number of benzene rings is 1. The zero-order valence-electron chi connectivity index (χ0n) is 8.23. The number of thioether (sulfide) groups is 1. The van der Waals surface area contributed by atoms with Crippen molar-refractivity contribution in [2.75, 3.05) is 5.32 Å². The summed E-state index contributed by atoms with van der Waals surface area (Å²) in [6.45, 7) is 0. The van der Waals surface area contributed by atoms with E-state index < -0.39 is 5.76 Å². The molecule has 0 saturated heterocycles. The van der Waals surface area contributed by atoms with Crippen LogP contribution in [0.1, 0.15) is 0 Å². The summed E-state index contributed by atoms with van der Waals surface area (Å²) in [5.41, 5.74) is 0.535. The molecule has 1 aromatic heterocycles. The molecule has 1 aromatic carbocycles. The van der Waals surface area contributed by atoms with E-state index in [1.165, 1.54) is 0 Å². The molecule has 1 heterocycles. The molecule has 0 bridgehead atoms. The summed E-state index contributed by atoms with van der Waals surface area (Å²) in [7, 11) is 0. The van der Waals surface area contributed by atoms with Crippen LogP contribution < -0.4 is 5.32 Å². The second-order valence-electron chi connectivity index (χ2n) is 2.90. The Morgan fingerprint density at radius 3 is 2.71 bits per heavy atom. The molecule has 0 unspecified atom stereocenters. The number of para-hydroxylation sites is 1. The summed E-state index contributed by atoms with van der Waals surface area (Å²) in [6.07, 6.45) is 0. The molecule has 0 aliphatic carbocycles. The number of nitrogens with one attached hydrogen (secondary N) is 1. The van der Waals surface area contributed by atoms with Crippen LogP contribution in [-0.2, 0) is 0 Å². The lowest BCUT2D eigenvalue weighted by atomic mass is 10.3. The molecular weight excluding hydrogens is 288 g/mol. The lowest BCUT2D eigenvalue weighted by molar-refractivity contribution is 0.252. The smallest absolute Gasteiger partial charge is 0.288 e. The van der Waals surface area contributed by atoms with Crippen molar-refractivity contribution in [1.29, 1.82) is 0 Å². The van der Waals surface area contributed by atoms with Gasteiger partial charge in [-0.25, -0.2) is 0 Å². The Labute approximate surface area is 110 Å². The van der Waals surface area contributed by atoms with Crippen molar-refractivity contribution in [2.45, 2.75) is 10.7 Å². The van der Waals surface area contributed by atoms with Gasteiger partial charge in [-0.3, -0.25) is 0 Å². The maximum Gasteiger partial charge on any atom is 0.288 e. The van der Waals surface area contributed by atoms with E-state index in [1.807, 2.05) is 0 Å². The van der Waals surface area contributed by atoms with Crippen molar-refractivity contribution in [3.63, 3.8) is 0 Å². The molecule has 0 saturated carbocycles. The minimum atomic E-state index is -2.47. The number of hydrogen-bond acceptors (Lipinski definition) is 5. The molecule has 2 aromatic rings. The van der Waals surface area contributed by atoms with Gasteiger partial charge in [-0.15, -0.1) is 0 Å². The van der Waals surface area contributed by atoms with Gasteiger partial charge >= 0.3 is 0 Å². The lowest BCUT2D eigenvalue weighted by Gasteiger charge is -2.08. The van der Waals surface area contributed by atoms with Crippen molar-refractivity contribution in [1.82, 2.24) is 8.75 Å². The Kier molecular flexibility index (Phi) is 4.14. The molecule has 0 aliphatic rings. The summed E-state index contributed by atoms with van der Waals surface area (Å²) < 4.78 is 32.4. The van der Waals surface area contributed by atoms with E-state index in [0.29, 0.717) is 28.2 Å². The number of alkyl halides is 2. The molecule has 90 valence electrons. The van der Waals surface area contributed by atoms with E-state index in [9.17, 15) is 8.78 Å². The standard InChI is InChI=1S/C9H6ClF2N3S2/c10-7-8(15-17-14-7)13-5-3-1-2-4-6(5)16-9(11)12/h1-4,9H,(H,13,15). The summed E-state index contributed by atoms with van der Waals surface area (Å²) in [6, 6.07) is 6.72. The first kappa shape index (κ1) is 12.5.